The number of nitrogen functional groups attached to an aromatic ring is 1. The molecule has 1 aromatic carbocycles. The zero-order valence-electron chi connectivity index (χ0n) is 11.7. The number of nitrogens with one attached hydrogen (secondary N) is 1. The fourth-order valence-corrected chi connectivity index (χ4v) is 2.53. The number of phenols is 1. The Morgan fingerprint density at radius 2 is 1.74 bits per heavy atom. The molecule has 8 nitrogen and oxygen atoms in total. The Hall–Kier alpha value is -2.81. The molecular weight excluding hydrogens is 372 g/mol. The van der Waals surface area contributed by atoms with Crippen molar-refractivity contribution in [2.24, 2.45) is 0 Å². The summed E-state index contributed by atoms with van der Waals surface area (Å²) in [4.78, 5) is 36.8. The van der Waals surface area contributed by atoms with Crippen LogP contribution in [0.15, 0.2) is 21.4 Å². The molecule has 2 rings (SSSR count). The van der Waals surface area contributed by atoms with Gasteiger partial charge >= 0.3 is 11.9 Å². The van der Waals surface area contributed by atoms with Gasteiger partial charge in [-0.1, -0.05) is 15.9 Å². The number of hydrogen-bond acceptors (Lipinski definition) is 5. The largest absolute Gasteiger partial charge is 0.507 e. The van der Waals surface area contributed by atoms with Crippen molar-refractivity contribution in [3.63, 3.8) is 0 Å². The number of aromatic hydroxyl groups is 1. The Bertz CT molecular complexity index is 903. The van der Waals surface area contributed by atoms with Crippen molar-refractivity contribution >= 4 is 33.7 Å². The number of H-pyrrole nitrogens is 1. The first-order valence-corrected chi connectivity index (χ1v) is 6.96. The van der Waals surface area contributed by atoms with E-state index in [1.54, 1.807) is 6.92 Å². The van der Waals surface area contributed by atoms with E-state index in [0.29, 0.717) is 10.0 Å². The minimum atomic E-state index is -1.64. The Morgan fingerprint density at radius 3 is 2.26 bits per heavy atom. The summed E-state index contributed by atoms with van der Waals surface area (Å²) in [5.74, 6) is -4.05. The number of rotatable bonds is 3. The van der Waals surface area contributed by atoms with Crippen LogP contribution < -0.4 is 11.3 Å². The van der Waals surface area contributed by atoms with Crippen molar-refractivity contribution in [1.82, 2.24) is 4.98 Å². The molecule has 23 heavy (non-hydrogen) atoms. The number of nitrogens with two attached hydrogens (primary N) is 1. The average Bonchev–Trinajstić information content (AvgIpc) is 2.40. The van der Waals surface area contributed by atoms with Gasteiger partial charge in [-0.3, -0.25) is 4.79 Å². The van der Waals surface area contributed by atoms with Crippen LogP contribution in [-0.4, -0.2) is 32.2 Å². The highest BCUT2D eigenvalue weighted by Gasteiger charge is 2.28. The van der Waals surface area contributed by atoms with E-state index in [9.17, 15) is 29.7 Å². The molecule has 9 heteroatoms. The molecule has 0 bridgehead atoms. The monoisotopic (exact) mass is 382 g/mol. The predicted molar refractivity (Wildman–Crippen MR) is 84.9 cm³/mol. The van der Waals surface area contributed by atoms with Gasteiger partial charge in [0, 0.05) is 15.6 Å². The molecule has 0 fully saturated rings. The van der Waals surface area contributed by atoms with Crippen molar-refractivity contribution in [1.29, 1.82) is 0 Å². The standard InChI is InChI=1S/C14H11BrN2O6/c1-4-2-7(18)5(3-6(4)15)8-9(13(20)21)11(16)17-12(19)10(8)14(22)23/h2-3,18H,1H3,(H,20,21)(H,22,23)(H3,16,17,19). The van der Waals surface area contributed by atoms with Gasteiger partial charge in [0.25, 0.3) is 5.56 Å². The summed E-state index contributed by atoms with van der Waals surface area (Å²) in [7, 11) is 0. The quantitative estimate of drug-likeness (QED) is 0.541. The SMILES string of the molecule is Cc1cc(O)c(-c2c(C(=O)O)c(N)[nH]c(=O)c2C(=O)O)cc1Br. The number of hydrogen-bond donors (Lipinski definition) is 5. The Labute approximate surface area is 137 Å². The van der Waals surface area contributed by atoms with Crippen LogP contribution in [0.25, 0.3) is 11.1 Å². The minimum absolute atomic E-state index is 0.130. The van der Waals surface area contributed by atoms with E-state index < -0.39 is 40.0 Å². The first-order valence-electron chi connectivity index (χ1n) is 6.17. The Balaban J connectivity index is 3.06. The van der Waals surface area contributed by atoms with Crippen molar-refractivity contribution < 1.29 is 24.9 Å². The lowest BCUT2D eigenvalue weighted by Gasteiger charge is -2.14. The van der Waals surface area contributed by atoms with Crippen LogP contribution in [0, 0.1) is 6.92 Å². The van der Waals surface area contributed by atoms with Gasteiger partial charge in [0.05, 0.1) is 0 Å². The maximum atomic E-state index is 11.9. The van der Waals surface area contributed by atoms with E-state index in [-0.39, 0.29) is 11.3 Å². The summed E-state index contributed by atoms with van der Waals surface area (Å²) in [5, 5.41) is 28.7. The molecule has 0 aliphatic carbocycles. The summed E-state index contributed by atoms with van der Waals surface area (Å²) in [6.07, 6.45) is 0. The average molecular weight is 383 g/mol. The predicted octanol–water partition coefficient (Wildman–Crippen LogP) is 1.80. The molecule has 120 valence electrons. The lowest BCUT2D eigenvalue weighted by Crippen LogP contribution is -2.24. The summed E-state index contributed by atoms with van der Waals surface area (Å²) < 4.78 is 0.497. The number of phenolic OH excluding ortho intramolecular Hbond substituents is 1. The van der Waals surface area contributed by atoms with Crippen molar-refractivity contribution in [3.05, 3.63) is 43.6 Å². The summed E-state index contributed by atoms with van der Waals surface area (Å²) in [5.41, 5.74) is 3.09. The minimum Gasteiger partial charge on any atom is -0.507 e. The third kappa shape index (κ3) is 2.78. The molecule has 0 aliphatic heterocycles. The molecule has 0 amide bonds. The Morgan fingerprint density at radius 1 is 1.17 bits per heavy atom. The Kier molecular flexibility index (Phi) is 4.15. The number of aromatic carboxylic acids is 2. The van der Waals surface area contributed by atoms with E-state index >= 15 is 0 Å². The van der Waals surface area contributed by atoms with Gasteiger partial charge < -0.3 is 26.0 Å². The lowest BCUT2D eigenvalue weighted by atomic mass is 9.94. The number of carboxylic acid groups (broad SMARTS) is 2. The zero-order valence-corrected chi connectivity index (χ0v) is 13.3. The van der Waals surface area contributed by atoms with Gasteiger partial charge in [0.15, 0.2) is 0 Å². The molecule has 0 unspecified atom stereocenters. The molecule has 1 heterocycles. The molecular formula is C14H11BrN2O6. The number of carbonyl (C=O) groups is 2. The molecule has 0 saturated carbocycles. The van der Waals surface area contributed by atoms with E-state index in [0.717, 1.165) is 0 Å². The van der Waals surface area contributed by atoms with E-state index in [2.05, 4.69) is 15.9 Å². The maximum absolute atomic E-state index is 11.9. The van der Waals surface area contributed by atoms with Crippen LogP contribution in [0.2, 0.25) is 0 Å². The smallest absolute Gasteiger partial charge is 0.342 e. The molecule has 0 saturated heterocycles. The second-order valence-electron chi connectivity index (χ2n) is 4.72. The number of halogens is 1. The normalized spacial score (nSPS) is 10.5. The number of aryl methyl sites for hydroxylation is 1. The van der Waals surface area contributed by atoms with Gasteiger partial charge in [-0.25, -0.2) is 9.59 Å². The summed E-state index contributed by atoms with van der Waals surface area (Å²) in [6, 6.07) is 2.64. The van der Waals surface area contributed by atoms with Gasteiger partial charge in [0.2, 0.25) is 0 Å². The zero-order chi connectivity index (χ0) is 17.5. The van der Waals surface area contributed by atoms with Crippen LogP contribution in [0.3, 0.4) is 0 Å². The first kappa shape index (κ1) is 16.6. The first-order chi connectivity index (χ1) is 10.6. The van der Waals surface area contributed by atoms with Gasteiger partial charge in [-0.05, 0) is 24.6 Å². The highest BCUT2D eigenvalue weighted by Crippen LogP contribution is 2.38. The van der Waals surface area contributed by atoms with Crippen molar-refractivity contribution in [2.45, 2.75) is 6.92 Å². The second kappa shape index (κ2) is 5.76. The third-order valence-corrected chi connectivity index (χ3v) is 4.07. The molecule has 2 aromatic rings. The molecule has 0 atom stereocenters. The van der Waals surface area contributed by atoms with E-state index in [1.165, 1.54) is 12.1 Å². The van der Waals surface area contributed by atoms with Gasteiger partial charge in [-0.2, -0.15) is 0 Å². The number of benzene rings is 1. The topological polar surface area (TPSA) is 154 Å². The number of anilines is 1. The maximum Gasteiger partial charge on any atom is 0.342 e. The summed E-state index contributed by atoms with van der Waals surface area (Å²) >= 11 is 3.21. The van der Waals surface area contributed by atoms with Gasteiger partial charge in [0.1, 0.15) is 22.7 Å². The number of pyridine rings is 1. The van der Waals surface area contributed by atoms with Crippen molar-refractivity contribution in [2.75, 3.05) is 5.73 Å². The molecule has 1 aromatic heterocycles. The van der Waals surface area contributed by atoms with Crippen LogP contribution in [0.4, 0.5) is 5.82 Å². The lowest BCUT2D eigenvalue weighted by molar-refractivity contribution is 0.0695. The highest BCUT2D eigenvalue weighted by atomic mass is 79.9. The summed E-state index contributed by atoms with van der Waals surface area (Å²) in [6.45, 7) is 1.68. The van der Waals surface area contributed by atoms with E-state index in [1.807, 2.05) is 4.98 Å². The fourth-order valence-electron chi connectivity index (χ4n) is 2.18. The fraction of sp³-hybridized carbons (Fsp3) is 0.0714. The van der Waals surface area contributed by atoms with Crippen LogP contribution in [0.1, 0.15) is 26.3 Å². The van der Waals surface area contributed by atoms with Crippen LogP contribution >= 0.6 is 15.9 Å². The number of aromatic amines is 1. The van der Waals surface area contributed by atoms with Gasteiger partial charge in [-0.15, -0.1) is 0 Å². The third-order valence-electron chi connectivity index (χ3n) is 3.22. The highest BCUT2D eigenvalue weighted by molar-refractivity contribution is 9.10. The molecule has 6 N–H and O–H groups in total. The molecule has 0 spiro atoms. The number of aromatic nitrogens is 1. The van der Waals surface area contributed by atoms with E-state index in [4.69, 9.17) is 5.73 Å². The number of carboxylic acids is 2. The molecule has 0 radical (unpaired) electrons. The molecule has 0 aliphatic rings. The van der Waals surface area contributed by atoms with Crippen molar-refractivity contribution in [3.8, 4) is 16.9 Å². The second-order valence-corrected chi connectivity index (χ2v) is 5.58. The van der Waals surface area contributed by atoms with Crippen LogP contribution in [0.5, 0.6) is 5.75 Å². The van der Waals surface area contributed by atoms with Crippen LogP contribution in [-0.2, 0) is 0 Å².